The summed E-state index contributed by atoms with van der Waals surface area (Å²) in [7, 11) is -2.29. The quantitative estimate of drug-likeness (QED) is 0.671. The molecule has 3 aromatic rings. The molecule has 1 N–H and O–H groups in total. The molecule has 30 heavy (non-hydrogen) atoms. The Morgan fingerprint density at radius 2 is 2.00 bits per heavy atom. The van der Waals surface area contributed by atoms with Crippen molar-refractivity contribution < 1.29 is 13.2 Å². The van der Waals surface area contributed by atoms with Crippen molar-refractivity contribution in [1.82, 2.24) is 19.3 Å². The number of aromatic nitrogens is 3. The number of hydrogen-bond acceptors (Lipinski definition) is 6. The van der Waals surface area contributed by atoms with Crippen LogP contribution in [0.2, 0.25) is 0 Å². The van der Waals surface area contributed by atoms with Crippen LogP contribution in [0.25, 0.3) is 11.4 Å². The molecule has 4 rings (SSSR count). The summed E-state index contributed by atoms with van der Waals surface area (Å²) in [5, 5.41) is 0. The van der Waals surface area contributed by atoms with Crippen molar-refractivity contribution in [1.29, 1.82) is 0 Å². The molecule has 0 saturated carbocycles. The lowest BCUT2D eigenvalue weighted by atomic mass is 10.1. The first-order valence-electron chi connectivity index (χ1n) is 9.56. The van der Waals surface area contributed by atoms with E-state index in [9.17, 15) is 13.2 Å². The summed E-state index contributed by atoms with van der Waals surface area (Å²) in [6.07, 6.45) is 2.19. The van der Waals surface area contributed by atoms with Gasteiger partial charge in [-0.05, 0) is 43.2 Å². The number of H-pyrrole nitrogens is 1. The minimum absolute atomic E-state index is 0.148. The lowest BCUT2D eigenvalue weighted by Gasteiger charge is -2.19. The van der Waals surface area contributed by atoms with Crippen LogP contribution in [0, 0.1) is 6.92 Å². The van der Waals surface area contributed by atoms with Crippen LogP contribution in [0.15, 0.2) is 58.4 Å². The van der Waals surface area contributed by atoms with Crippen LogP contribution >= 0.6 is 0 Å². The topological polar surface area (TPSA) is 105 Å². The third-order valence-electron chi connectivity index (χ3n) is 5.16. The molecular formula is C21H22N4O4S. The normalized spacial score (nSPS) is 17.2. The van der Waals surface area contributed by atoms with Crippen molar-refractivity contribution in [2.75, 3.05) is 20.2 Å². The van der Waals surface area contributed by atoms with E-state index in [4.69, 9.17) is 4.74 Å². The molecule has 3 heterocycles. The van der Waals surface area contributed by atoms with Gasteiger partial charge in [-0.25, -0.2) is 13.4 Å². The van der Waals surface area contributed by atoms with E-state index in [0.29, 0.717) is 35.9 Å². The fourth-order valence-corrected chi connectivity index (χ4v) is 5.35. The maximum Gasteiger partial charge on any atom is 0.251 e. The lowest BCUT2D eigenvalue weighted by molar-refractivity contribution is 0.398. The molecule has 1 aromatic carbocycles. The Kier molecular flexibility index (Phi) is 5.40. The molecule has 8 nitrogen and oxygen atoms in total. The zero-order valence-corrected chi connectivity index (χ0v) is 17.5. The van der Waals surface area contributed by atoms with Gasteiger partial charge in [0.1, 0.15) is 16.5 Å². The number of aromatic amines is 1. The fourth-order valence-electron chi connectivity index (χ4n) is 3.61. The number of nitrogens with zero attached hydrogens (tertiary/aromatic N) is 3. The number of pyridine rings is 1. The third kappa shape index (κ3) is 3.86. The lowest BCUT2D eigenvalue weighted by Crippen LogP contribution is -2.29. The van der Waals surface area contributed by atoms with E-state index in [-0.39, 0.29) is 22.9 Å². The zero-order valence-electron chi connectivity index (χ0n) is 16.7. The average molecular weight is 426 g/mol. The number of benzene rings is 1. The van der Waals surface area contributed by atoms with Crippen LogP contribution in [0.5, 0.6) is 5.75 Å². The highest BCUT2D eigenvalue weighted by atomic mass is 32.2. The summed E-state index contributed by atoms with van der Waals surface area (Å²) in [5.74, 6) is 0.566. The van der Waals surface area contributed by atoms with E-state index in [0.717, 1.165) is 5.56 Å². The van der Waals surface area contributed by atoms with Gasteiger partial charge in [0.25, 0.3) is 5.56 Å². The highest BCUT2D eigenvalue weighted by Crippen LogP contribution is 2.33. The summed E-state index contributed by atoms with van der Waals surface area (Å²) in [6.45, 7) is 2.40. The molecule has 0 amide bonds. The third-order valence-corrected chi connectivity index (χ3v) is 7.05. The van der Waals surface area contributed by atoms with Gasteiger partial charge in [0.05, 0.1) is 18.5 Å². The molecule has 0 radical (unpaired) electrons. The van der Waals surface area contributed by atoms with Gasteiger partial charge in [0.2, 0.25) is 10.0 Å². The number of methoxy groups -OCH3 is 1. The average Bonchev–Trinajstić information content (AvgIpc) is 3.25. The molecule has 1 atom stereocenters. The minimum atomic E-state index is -3.74. The number of nitrogens with one attached hydrogen (secondary N) is 1. The van der Waals surface area contributed by atoms with E-state index in [1.165, 1.54) is 17.5 Å². The predicted molar refractivity (Wildman–Crippen MR) is 112 cm³/mol. The molecule has 0 spiro atoms. The summed E-state index contributed by atoms with van der Waals surface area (Å²) in [6, 6.07) is 11.9. The molecule has 1 unspecified atom stereocenters. The van der Waals surface area contributed by atoms with Crippen LogP contribution in [0.1, 0.15) is 23.7 Å². The minimum Gasteiger partial charge on any atom is -0.495 e. The van der Waals surface area contributed by atoms with Crippen LogP contribution in [0.3, 0.4) is 0 Å². The van der Waals surface area contributed by atoms with Gasteiger partial charge in [-0.15, -0.1) is 0 Å². The Balaban J connectivity index is 1.63. The van der Waals surface area contributed by atoms with Crippen molar-refractivity contribution >= 4 is 10.0 Å². The Labute approximate surface area is 174 Å². The predicted octanol–water partition coefficient (Wildman–Crippen LogP) is 2.33. The molecule has 2 aromatic heterocycles. The van der Waals surface area contributed by atoms with Crippen molar-refractivity contribution in [2.45, 2.75) is 24.2 Å². The number of sulfonamides is 1. The Hall–Kier alpha value is -3.04. The Morgan fingerprint density at radius 3 is 2.73 bits per heavy atom. The summed E-state index contributed by atoms with van der Waals surface area (Å²) >= 11 is 0. The molecule has 1 aliphatic rings. The molecule has 0 bridgehead atoms. The van der Waals surface area contributed by atoms with Crippen LogP contribution < -0.4 is 10.3 Å². The summed E-state index contributed by atoms with van der Waals surface area (Å²) < 4.78 is 33.2. The fraction of sp³-hybridized carbons (Fsp3) is 0.286. The number of hydrogen-bond donors (Lipinski definition) is 1. The molecule has 9 heteroatoms. The first-order valence-corrected chi connectivity index (χ1v) is 11.0. The van der Waals surface area contributed by atoms with Gasteiger partial charge in [0.15, 0.2) is 0 Å². The van der Waals surface area contributed by atoms with Crippen LogP contribution in [-0.2, 0) is 10.0 Å². The van der Waals surface area contributed by atoms with E-state index in [1.54, 1.807) is 30.5 Å². The van der Waals surface area contributed by atoms with E-state index < -0.39 is 10.0 Å². The van der Waals surface area contributed by atoms with Crippen molar-refractivity contribution in [3.63, 3.8) is 0 Å². The monoisotopic (exact) mass is 426 g/mol. The Bertz CT molecular complexity index is 1230. The second-order valence-electron chi connectivity index (χ2n) is 7.23. The molecule has 1 saturated heterocycles. The molecule has 1 fully saturated rings. The van der Waals surface area contributed by atoms with Crippen LogP contribution in [0.4, 0.5) is 0 Å². The maximum absolute atomic E-state index is 13.2. The first-order chi connectivity index (χ1) is 14.4. The zero-order chi connectivity index (χ0) is 21.3. The summed E-state index contributed by atoms with van der Waals surface area (Å²) in [5.41, 5.74) is 1.61. The highest BCUT2D eigenvalue weighted by molar-refractivity contribution is 7.89. The van der Waals surface area contributed by atoms with Crippen molar-refractivity contribution in [2.24, 2.45) is 0 Å². The summed E-state index contributed by atoms with van der Waals surface area (Å²) in [4.78, 5) is 23.9. The van der Waals surface area contributed by atoms with E-state index in [2.05, 4.69) is 15.0 Å². The second kappa shape index (κ2) is 8.00. The smallest absolute Gasteiger partial charge is 0.251 e. The standard InChI is InChI=1S/C21H22N4O4S/c1-14-6-7-18(29-2)19(11-14)30(27,28)25-10-8-15(13-25)21-23-17(12-20(26)24-21)16-5-3-4-9-22-16/h3-7,9,11-12,15H,8,10,13H2,1-2H3,(H,23,24,26). The largest absolute Gasteiger partial charge is 0.495 e. The second-order valence-corrected chi connectivity index (χ2v) is 9.14. The van der Waals surface area contributed by atoms with Crippen molar-refractivity contribution in [3.05, 3.63) is 70.4 Å². The number of aryl methyl sites for hydroxylation is 1. The number of ether oxygens (including phenoxy) is 1. The number of rotatable bonds is 5. The van der Waals surface area contributed by atoms with E-state index >= 15 is 0 Å². The molecular weight excluding hydrogens is 404 g/mol. The Morgan fingerprint density at radius 1 is 1.17 bits per heavy atom. The van der Waals surface area contributed by atoms with E-state index in [1.807, 2.05) is 19.1 Å². The highest BCUT2D eigenvalue weighted by Gasteiger charge is 2.36. The molecule has 1 aliphatic heterocycles. The van der Waals surface area contributed by atoms with Gasteiger partial charge in [-0.3, -0.25) is 9.78 Å². The molecule has 0 aliphatic carbocycles. The maximum atomic E-state index is 13.2. The molecule has 156 valence electrons. The van der Waals surface area contributed by atoms with Crippen molar-refractivity contribution in [3.8, 4) is 17.1 Å². The van der Waals surface area contributed by atoms with Gasteiger partial charge >= 0.3 is 0 Å². The van der Waals surface area contributed by atoms with Crippen LogP contribution in [-0.4, -0.2) is 47.9 Å². The first kappa shape index (κ1) is 20.2. The van der Waals surface area contributed by atoms with Gasteiger partial charge < -0.3 is 9.72 Å². The van der Waals surface area contributed by atoms with Gasteiger partial charge in [0, 0.05) is 31.3 Å². The SMILES string of the molecule is COc1ccc(C)cc1S(=O)(=O)N1CCC(c2nc(-c3ccccn3)cc(=O)[nH]2)C1. The van der Waals surface area contributed by atoms with Gasteiger partial charge in [-0.1, -0.05) is 12.1 Å². The van der Waals surface area contributed by atoms with Gasteiger partial charge in [-0.2, -0.15) is 4.31 Å².